The number of ether oxygens (including phenoxy) is 1. The van der Waals surface area contributed by atoms with Gasteiger partial charge in [0.1, 0.15) is 11.4 Å². The Kier molecular flexibility index (Phi) is 6.86. The third-order valence-electron chi connectivity index (χ3n) is 3.58. The van der Waals surface area contributed by atoms with Gasteiger partial charge in [-0.15, -0.1) is 0 Å². The topological polar surface area (TPSA) is 93.5 Å². The summed E-state index contributed by atoms with van der Waals surface area (Å²) in [5.41, 5.74) is 0.0723. The molecule has 0 saturated carbocycles. The van der Waals surface area contributed by atoms with Crippen molar-refractivity contribution in [3.05, 3.63) is 47.3 Å². The van der Waals surface area contributed by atoms with Crippen molar-refractivity contribution in [3.8, 4) is 5.75 Å². The van der Waals surface area contributed by atoms with E-state index < -0.39 is 30.6 Å². The highest BCUT2D eigenvalue weighted by Crippen LogP contribution is 2.24. The van der Waals surface area contributed by atoms with Crippen LogP contribution in [-0.2, 0) is 17.9 Å². The first-order chi connectivity index (χ1) is 12.8. The number of carboxylic acid groups (broad SMARTS) is 1. The summed E-state index contributed by atoms with van der Waals surface area (Å²) in [7, 11) is 0. The summed E-state index contributed by atoms with van der Waals surface area (Å²) >= 11 is 0. The fraction of sp³-hybridized carbons (Fsp3) is 0.389. The molecule has 2 aromatic rings. The van der Waals surface area contributed by atoms with Gasteiger partial charge in [-0.1, -0.05) is 26.0 Å². The van der Waals surface area contributed by atoms with E-state index in [1.807, 2.05) is 13.8 Å². The van der Waals surface area contributed by atoms with Crippen LogP contribution in [-0.4, -0.2) is 33.4 Å². The van der Waals surface area contributed by atoms with Crippen LogP contribution < -0.4 is 10.1 Å². The molecule has 7 nitrogen and oxygen atoms in total. The van der Waals surface area contributed by atoms with Gasteiger partial charge in [0, 0.05) is 13.1 Å². The molecule has 0 bridgehead atoms. The van der Waals surface area contributed by atoms with Crippen molar-refractivity contribution in [1.82, 2.24) is 15.1 Å². The molecule has 1 amide bonds. The third-order valence-corrected chi connectivity index (χ3v) is 3.58. The van der Waals surface area contributed by atoms with Crippen molar-refractivity contribution in [1.29, 1.82) is 0 Å². The molecule has 0 unspecified atom stereocenters. The van der Waals surface area contributed by atoms with Gasteiger partial charge in [0.05, 0.1) is 11.8 Å². The minimum absolute atomic E-state index is 0.0706. The van der Waals surface area contributed by atoms with E-state index in [9.17, 15) is 18.4 Å². The summed E-state index contributed by atoms with van der Waals surface area (Å²) in [4.78, 5) is 22.9. The molecule has 0 saturated heterocycles. The van der Waals surface area contributed by atoms with Crippen molar-refractivity contribution >= 4 is 11.9 Å². The Labute approximate surface area is 154 Å². The fourth-order valence-corrected chi connectivity index (χ4v) is 2.46. The zero-order valence-electron chi connectivity index (χ0n) is 15.0. The number of nitrogens with one attached hydrogen (secondary N) is 1. The van der Waals surface area contributed by atoms with E-state index in [0.717, 1.165) is 10.9 Å². The quantitative estimate of drug-likeness (QED) is 0.697. The molecule has 27 heavy (non-hydrogen) atoms. The molecular formula is C18H21F2N3O4. The monoisotopic (exact) mass is 381 g/mol. The molecule has 0 aliphatic rings. The van der Waals surface area contributed by atoms with Crippen LogP contribution in [0, 0.1) is 5.92 Å². The number of halogens is 2. The lowest BCUT2D eigenvalue weighted by atomic mass is 10.2. The molecule has 1 aromatic carbocycles. The van der Waals surface area contributed by atoms with E-state index in [4.69, 9.17) is 9.84 Å². The summed E-state index contributed by atoms with van der Waals surface area (Å²) in [5, 5.41) is 15.1. The van der Waals surface area contributed by atoms with Crippen LogP contribution in [0.2, 0.25) is 0 Å². The Morgan fingerprint density at radius 3 is 2.70 bits per heavy atom. The Balaban J connectivity index is 2.07. The zero-order valence-corrected chi connectivity index (χ0v) is 15.0. The molecule has 0 aliphatic carbocycles. The van der Waals surface area contributed by atoms with Crippen LogP contribution in [0.3, 0.4) is 0 Å². The van der Waals surface area contributed by atoms with Crippen molar-refractivity contribution in [2.75, 3.05) is 6.61 Å². The molecule has 0 aliphatic heterocycles. The lowest BCUT2D eigenvalue weighted by Crippen LogP contribution is -2.24. The van der Waals surface area contributed by atoms with E-state index in [-0.39, 0.29) is 24.6 Å². The van der Waals surface area contributed by atoms with Crippen LogP contribution in [0.5, 0.6) is 5.75 Å². The second-order valence-electron chi connectivity index (χ2n) is 6.33. The Morgan fingerprint density at radius 2 is 2.07 bits per heavy atom. The van der Waals surface area contributed by atoms with Crippen LogP contribution in [0.1, 0.15) is 41.9 Å². The van der Waals surface area contributed by atoms with Crippen LogP contribution >= 0.6 is 0 Å². The molecule has 0 spiro atoms. The van der Waals surface area contributed by atoms with E-state index in [1.54, 1.807) is 24.3 Å². The lowest BCUT2D eigenvalue weighted by Gasteiger charge is -2.11. The second-order valence-corrected chi connectivity index (χ2v) is 6.33. The molecule has 0 radical (unpaired) electrons. The zero-order chi connectivity index (χ0) is 20.0. The molecule has 1 heterocycles. The summed E-state index contributed by atoms with van der Waals surface area (Å²) in [6.45, 7) is 3.62. The van der Waals surface area contributed by atoms with Gasteiger partial charge in [0.15, 0.2) is 6.61 Å². The van der Waals surface area contributed by atoms with Crippen molar-refractivity contribution in [2.24, 2.45) is 5.92 Å². The number of benzene rings is 1. The third kappa shape index (κ3) is 5.77. The van der Waals surface area contributed by atoms with Gasteiger partial charge in [-0.05, 0) is 23.6 Å². The van der Waals surface area contributed by atoms with E-state index in [0.29, 0.717) is 11.3 Å². The minimum atomic E-state index is -2.82. The van der Waals surface area contributed by atoms with Crippen LogP contribution in [0.4, 0.5) is 8.78 Å². The summed E-state index contributed by atoms with van der Waals surface area (Å²) in [6.07, 6.45) is -1.68. The first-order valence-electron chi connectivity index (χ1n) is 8.33. The number of amides is 1. The van der Waals surface area contributed by atoms with Crippen LogP contribution in [0.15, 0.2) is 30.5 Å². The van der Waals surface area contributed by atoms with E-state index in [2.05, 4.69) is 10.4 Å². The maximum absolute atomic E-state index is 13.4. The van der Waals surface area contributed by atoms with Crippen LogP contribution in [0.25, 0.3) is 0 Å². The average molecular weight is 381 g/mol. The van der Waals surface area contributed by atoms with Crippen molar-refractivity contribution in [2.45, 2.75) is 33.4 Å². The number of hydrogen-bond donors (Lipinski definition) is 2. The molecule has 0 fully saturated rings. The number of carbonyl (C=O) groups is 2. The molecule has 146 valence electrons. The van der Waals surface area contributed by atoms with Gasteiger partial charge in [0.25, 0.3) is 12.3 Å². The lowest BCUT2D eigenvalue weighted by molar-refractivity contribution is -0.139. The highest BCUT2D eigenvalue weighted by atomic mass is 19.3. The van der Waals surface area contributed by atoms with E-state index in [1.165, 1.54) is 0 Å². The molecule has 2 N–H and O–H groups in total. The number of carbonyl (C=O) groups excluding carboxylic acids is 1. The van der Waals surface area contributed by atoms with Crippen molar-refractivity contribution in [3.63, 3.8) is 0 Å². The molecular weight excluding hydrogens is 360 g/mol. The number of hydrogen-bond acceptors (Lipinski definition) is 4. The fourth-order valence-electron chi connectivity index (χ4n) is 2.46. The number of aromatic nitrogens is 2. The predicted molar refractivity (Wildman–Crippen MR) is 92.8 cm³/mol. The molecule has 9 heteroatoms. The minimum Gasteiger partial charge on any atom is -0.482 e. The van der Waals surface area contributed by atoms with Gasteiger partial charge >= 0.3 is 5.97 Å². The van der Waals surface area contributed by atoms with Gasteiger partial charge < -0.3 is 15.2 Å². The first kappa shape index (κ1) is 20.3. The standard InChI is InChI=1S/C18H21F2N3O4/c1-11(2)9-23-16(17(19)20)14(8-22-23)18(26)21-7-12-4-3-5-13(6-12)27-10-15(24)25/h3-6,8,11,17H,7,9-10H2,1-2H3,(H,21,26)(H,24,25). The molecule has 2 rings (SSSR count). The number of carboxylic acids is 1. The van der Waals surface area contributed by atoms with Crippen molar-refractivity contribution < 1.29 is 28.2 Å². The smallest absolute Gasteiger partial charge is 0.341 e. The van der Waals surface area contributed by atoms with E-state index >= 15 is 0 Å². The SMILES string of the molecule is CC(C)Cn1ncc(C(=O)NCc2cccc(OCC(=O)O)c2)c1C(F)F. The highest BCUT2D eigenvalue weighted by molar-refractivity contribution is 5.95. The van der Waals surface area contributed by atoms with Gasteiger partial charge in [-0.2, -0.15) is 5.10 Å². The molecule has 1 aromatic heterocycles. The summed E-state index contributed by atoms with van der Waals surface area (Å²) < 4.78 is 33.0. The Hall–Kier alpha value is -2.97. The number of nitrogens with zero attached hydrogens (tertiary/aromatic N) is 2. The van der Waals surface area contributed by atoms with Gasteiger partial charge in [-0.3, -0.25) is 9.48 Å². The number of alkyl halides is 2. The number of aliphatic carboxylic acids is 1. The van der Waals surface area contributed by atoms with Gasteiger partial charge in [0.2, 0.25) is 0 Å². The second kappa shape index (κ2) is 9.11. The maximum Gasteiger partial charge on any atom is 0.341 e. The largest absolute Gasteiger partial charge is 0.482 e. The van der Waals surface area contributed by atoms with Gasteiger partial charge in [-0.25, -0.2) is 13.6 Å². The maximum atomic E-state index is 13.4. The first-order valence-corrected chi connectivity index (χ1v) is 8.33. The predicted octanol–water partition coefficient (Wildman–Crippen LogP) is 2.87. The normalized spacial score (nSPS) is 11.0. The number of rotatable bonds is 9. The molecule has 0 atom stereocenters. The Bertz CT molecular complexity index is 806. The summed E-state index contributed by atoms with van der Waals surface area (Å²) in [5.74, 6) is -1.32. The Morgan fingerprint density at radius 1 is 1.33 bits per heavy atom. The average Bonchev–Trinajstić information content (AvgIpc) is 3.01. The highest BCUT2D eigenvalue weighted by Gasteiger charge is 2.24. The summed E-state index contributed by atoms with van der Waals surface area (Å²) in [6, 6.07) is 6.49.